The number of para-hydroxylation sites is 1. The Morgan fingerprint density at radius 2 is 1.60 bits per heavy atom. The minimum absolute atomic E-state index is 0.0614. The van der Waals surface area contributed by atoms with Crippen molar-refractivity contribution in [3.63, 3.8) is 0 Å². The lowest BCUT2D eigenvalue weighted by molar-refractivity contribution is -0.118. The molecule has 3 rings (SSSR count). The van der Waals surface area contributed by atoms with Crippen LogP contribution < -0.4 is 4.90 Å². The quantitative estimate of drug-likeness (QED) is 0.783. The summed E-state index contributed by atoms with van der Waals surface area (Å²) >= 11 is 0. The van der Waals surface area contributed by atoms with Gasteiger partial charge in [-0.2, -0.15) is 0 Å². The third-order valence-corrected chi connectivity index (χ3v) is 4.11. The Bertz CT molecular complexity index is 811. The van der Waals surface area contributed by atoms with Gasteiger partial charge in [0.1, 0.15) is 0 Å². The molecule has 2 aromatic carbocycles. The van der Waals surface area contributed by atoms with E-state index in [1.165, 1.54) is 4.90 Å². The molecule has 0 N–H and O–H groups in total. The first-order valence-electron chi connectivity index (χ1n) is 7.77. The Kier molecular flexibility index (Phi) is 4.74. The molecule has 1 aliphatic heterocycles. The maximum Gasteiger partial charge on any atom is 0.257 e. The highest BCUT2D eigenvalue weighted by atomic mass is 19.2. The Balaban J connectivity index is 1.80. The minimum Gasteiger partial charge on any atom is -0.336 e. The molecule has 1 heterocycles. The highest BCUT2D eigenvalue weighted by molar-refractivity contribution is 5.97. The van der Waals surface area contributed by atoms with Gasteiger partial charge >= 0.3 is 0 Å². The first-order chi connectivity index (χ1) is 12.0. The smallest absolute Gasteiger partial charge is 0.257 e. The van der Waals surface area contributed by atoms with Crippen LogP contribution in [0.25, 0.3) is 0 Å². The molecule has 0 atom stereocenters. The highest BCUT2D eigenvalue weighted by Crippen LogP contribution is 2.20. The maximum absolute atomic E-state index is 13.8. The van der Waals surface area contributed by atoms with Crippen molar-refractivity contribution in [1.29, 1.82) is 0 Å². The molecule has 0 aliphatic carbocycles. The van der Waals surface area contributed by atoms with Gasteiger partial charge in [-0.25, -0.2) is 13.2 Å². The number of hydrogen-bond acceptors (Lipinski definition) is 2. The Labute approximate surface area is 142 Å². The van der Waals surface area contributed by atoms with Crippen LogP contribution in [0.1, 0.15) is 16.8 Å². The highest BCUT2D eigenvalue weighted by Gasteiger charge is 2.28. The van der Waals surface area contributed by atoms with Gasteiger partial charge < -0.3 is 9.80 Å². The third-order valence-electron chi connectivity index (χ3n) is 4.11. The Morgan fingerprint density at radius 1 is 0.880 bits per heavy atom. The molecule has 1 fully saturated rings. The summed E-state index contributed by atoms with van der Waals surface area (Å²) in [6.45, 7) is 0.483. The SMILES string of the molecule is O=C(c1ccc(F)c(F)c1F)N1CCC(=O)N(c2ccccc2)CC1. The van der Waals surface area contributed by atoms with Gasteiger partial charge in [0, 0.05) is 31.7 Å². The van der Waals surface area contributed by atoms with Crippen LogP contribution in [0.5, 0.6) is 0 Å². The van der Waals surface area contributed by atoms with E-state index in [1.807, 2.05) is 6.07 Å². The van der Waals surface area contributed by atoms with Crippen molar-refractivity contribution >= 4 is 17.5 Å². The fourth-order valence-electron chi connectivity index (χ4n) is 2.77. The minimum atomic E-state index is -1.68. The van der Waals surface area contributed by atoms with Crippen molar-refractivity contribution in [2.24, 2.45) is 0 Å². The predicted molar refractivity (Wildman–Crippen MR) is 85.6 cm³/mol. The van der Waals surface area contributed by atoms with E-state index >= 15 is 0 Å². The summed E-state index contributed by atoms with van der Waals surface area (Å²) in [6, 6.07) is 10.6. The lowest BCUT2D eigenvalue weighted by Crippen LogP contribution is -2.36. The maximum atomic E-state index is 13.8. The van der Waals surface area contributed by atoms with Crippen molar-refractivity contribution in [3.8, 4) is 0 Å². The lowest BCUT2D eigenvalue weighted by Gasteiger charge is -2.22. The number of carbonyl (C=O) groups is 2. The zero-order valence-electron chi connectivity index (χ0n) is 13.2. The molecule has 25 heavy (non-hydrogen) atoms. The van der Waals surface area contributed by atoms with Gasteiger partial charge in [0.15, 0.2) is 17.5 Å². The van der Waals surface area contributed by atoms with Gasteiger partial charge in [0.2, 0.25) is 5.91 Å². The van der Waals surface area contributed by atoms with Crippen LogP contribution >= 0.6 is 0 Å². The Hall–Kier alpha value is -2.83. The average molecular weight is 348 g/mol. The fraction of sp³-hybridized carbons (Fsp3) is 0.222. The Morgan fingerprint density at radius 3 is 2.32 bits per heavy atom. The van der Waals surface area contributed by atoms with Crippen LogP contribution in [0.4, 0.5) is 18.9 Å². The van der Waals surface area contributed by atoms with Crippen molar-refractivity contribution in [1.82, 2.24) is 4.90 Å². The van der Waals surface area contributed by atoms with Crippen LogP contribution in [-0.4, -0.2) is 36.3 Å². The lowest BCUT2D eigenvalue weighted by atomic mass is 10.1. The normalized spacial score (nSPS) is 15.2. The first kappa shape index (κ1) is 17.0. The van der Waals surface area contributed by atoms with Crippen molar-refractivity contribution < 1.29 is 22.8 Å². The standard InChI is InChI=1S/C18H15F3N2O2/c19-14-7-6-13(16(20)17(14)21)18(25)22-9-8-15(24)23(11-10-22)12-4-2-1-3-5-12/h1-7H,8-11H2. The summed E-state index contributed by atoms with van der Waals surface area (Å²) < 4.78 is 40.2. The number of benzene rings is 2. The molecule has 2 amide bonds. The van der Waals surface area contributed by atoms with E-state index in [2.05, 4.69) is 0 Å². The van der Waals surface area contributed by atoms with E-state index in [1.54, 1.807) is 29.2 Å². The van der Waals surface area contributed by atoms with Crippen LogP contribution in [0.15, 0.2) is 42.5 Å². The van der Waals surface area contributed by atoms with Gasteiger partial charge in [-0.3, -0.25) is 9.59 Å². The molecule has 2 aromatic rings. The van der Waals surface area contributed by atoms with Crippen LogP contribution in [0.3, 0.4) is 0 Å². The second kappa shape index (κ2) is 6.96. The number of rotatable bonds is 2. The summed E-state index contributed by atoms with van der Waals surface area (Å²) in [5.74, 6) is -5.47. The zero-order chi connectivity index (χ0) is 18.0. The topological polar surface area (TPSA) is 40.6 Å². The van der Waals surface area contributed by atoms with E-state index in [0.717, 1.165) is 6.07 Å². The summed E-state index contributed by atoms with van der Waals surface area (Å²) in [5, 5.41) is 0. The molecule has 130 valence electrons. The molecule has 7 heteroatoms. The number of anilines is 1. The van der Waals surface area contributed by atoms with Crippen molar-refractivity contribution in [3.05, 3.63) is 65.5 Å². The number of amides is 2. The molecule has 0 aromatic heterocycles. The van der Waals surface area contributed by atoms with Crippen molar-refractivity contribution in [2.45, 2.75) is 6.42 Å². The molecule has 4 nitrogen and oxygen atoms in total. The van der Waals surface area contributed by atoms with E-state index in [0.29, 0.717) is 11.8 Å². The van der Waals surface area contributed by atoms with Gasteiger partial charge in [-0.15, -0.1) is 0 Å². The summed E-state index contributed by atoms with van der Waals surface area (Å²) in [7, 11) is 0. The third kappa shape index (κ3) is 3.35. The number of halogens is 3. The first-order valence-corrected chi connectivity index (χ1v) is 7.77. The number of carbonyl (C=O) groups excluding carboxylic acids is 2. The number of nitrogens with zero attached hydrogens (tertiary/aromatic N) is 2. The summed E-state index contributed by atoms with van der Waals surface area (Å²) in [5.41, 5.74) is 0.167. The van der Waals surface area contributed by atoms with Gasteiger partial charge in [0.05, 0.1) is 5.56 Å². The largest absolute Gasteiger partial charge is 0.336 e. The molecular formula is C18H15F3N2O2. The van der Waals surface area contributed by atoms with Crippen LogP contribution in [-0.2, 0) is 4.79 Å². The molecule has 0 spiro atoms. The molecular weight excluding hydrogens is 333 g/mol. The van der Waals surface area contributed by atoms with Crippen LogP contribution in [0, 0.1) is 17.5 Å². The van der Waals surface area contributed by atoms with Gasteiger partial charge in [0.25, 0.3) is 5.91 Å². The van der Waals surface area contributed by atoms with Crippen molar-refractivity contribution in [2.75, 3.05) is 24.5 Å². The van der Waals surface area contributed by atoms with Crippen LogP contribution in [0.2, 0.25) is 0 Å². The van der Waals surface area contributed by atoms with E-state index < -0.39 is 28.9 Å². The van der Waals surface area contributed by atoms with Gasteiger partial charge in [-0.05, 0) is 24.3 Å². The molecule has 0 bridgehead atoms. The average Bonchev–Trinajstić information content (AvgIpc) is 2.82. The van der Waals surface area contributed by atoms with Gasteiger partial charge in [-0.1, -0.05) is 18.2 Å². The molecule has 1 aliphatic rings. The molecule has 0 saturated carbocycles. The summed E-state index contributed by atoms with van der Waals surface area (Å²) in [6.07, 6.45) is 0.0614. The molecule has 0 unspecified atom stereocenters. The van der Waals surface area contributed by atoms with E-state index in [9.17, 15) is 22.8 Å². The number of hydrogen-bond donors (Lipinski definition) is 0. The predicted octanol–water partition coefficient (Wildman–Crippen LogP) is 2.98. The second-order valence-electron chi connectivity index (χ2n) is 5.65. The molecule has 0 radical (unpaired) electrons. The van der Waals surface area contributed by atoms with E-state index in [4.69, 9.17) is 0 Å². The zero-order valence-corrected chi connectivity index (χ0v) is 13.2. The second-order valence-corrected chi connectivity index (χ2v) is 5.65. The fourth-order valence-corrected chi connectivity index (χ4v) is 2.77. The monoisotopic (exact) mass is 348 g/mol. The summed E-state index contributed by atoms with van der Waals surface area (Å²) in [4.78, 5) is 27.6. The van der Waals surface area contributed by atoms with E-state index in [-0.39, 0.29) is 32.0 Å². The molecule has 1 saturated heterocycles.